The fourth-order valence-electron chi connectivity index (χ4n) is 3.02. The van der Waals surface area contributed by atoms with Gasteiger partial charge in [-0.25, -0.2) is 14.4 Å². The highest BCUT2D eigenvalue weighted by Crippen LogP contribution is 2.29. The van der Waals surface area contributed by atoms with Crippen molar-refractivity contribution < 1.29 is 9.50 Å². The molecule has 1 saturated heterocycles. The maximum absolute atomic E-state index is 14.0. The van der Waals surface area contributed by atoms with E-state index in [2.05, 4.69) is 9.97 Å². The molecule has 0 spiro atoms. The first-order chi connectivity index (χ1) is 11.7. The van der Waals surface area contributed by atoms with E-state index >= 15 is 0 Å². The van der Waals surface area contributed by atoms with Crippen LogP contribution in [0.5, 0.6) is 0 Å². The summed E-state index contributed by atoms with van der Waals surface area (Å²) in [5.74, 6) is 1.30. The molecule has 0 bridgehead atoms. The van der Waals surface area contributed by atoms with Crippen LogP contribution in [0.3, 0.4) is 0 Å². The van der Waals surface area contributed by atoms with Crippen molar-refractivity contribution >= 4 is 16.7 Å². The molecule has 0 amide bonds. The summed E-state index contributed by atoms with van der Waals surface area (Å²) in [5, 5.41) is 10.5. The zero-order valence-corrected chi connectivity index (χ0v) is 13.0. The quantitative estimate of drug-likeness (QED) is 0.785. The molecular weight excluding hydrogens is 307 g/mol. The van der Waals surface area contributed by atoms with Gasteiger partial charge in [-0.3, -0.25) is 4.98 Å². The van der Waals surface area contributed by atoms with E-state index in [9.17, 15) is 9.50 Å². The van der Waals surface area contributed by atoms with Crippen LogP contribution in [-0.2, 0) is 0 Å². The molecule has 0 aliphatic carbocycles. The van der Waals surface area contributed by atoms with Crippen molar-refractivity contribution in [1.29, 1.82) is 0 Å². The van der Waals surface area contributed by atoms with Gasteiger partial charge in [0.2, 0.25) is 0 Å². The molecule has 1 N–H and O–H groups in total. The minimum atomic E-state index is -1.27. The molecule has 1 fully saturated rings. The fourth-order valence-corrected chi connectivity index (χ4v) is 3.02. The molecule has 2 atom stereocenters. The van der Waals surface area contributed by atoms with Crippen molar-refractivity contribution in [1.82, 2.24) is 15.0 Å². The molecule has 3 heterocycles. The van der Waals surface area contributed by atoms with Crippen molar-refractivity contribution in [3.05, 3.63) is 48.8 Å². The SMILES string of the molecule is OC1CCN(c2nc(-c3ccncc3)nc3ccccc23)CC1F. The predicted molar refractivity (Wildman–Crippen MR) is 90.5 cm³/mol. The third kappa shape index (κ3) is 2.69. The Morgan fingerprint density at radius 1 is 1.08 bits per heavy atom. The van der Waals surface area contributed by atoms with Crippen LogP contribution in [0.4, 0.5) is 10.2 Å². The predicted octanol–water partition coefficient (Wildman–Crippen LogP) is 2.60. The van der Waals surface area contributed by atoms with E-state index < -0.39 is 12.3 Å². The molecule has 24 heavy (non-hydrogen) atoms. The summed E-state index contributed by atoms with van der Waals surface area (Å²) in [5.41, 5.74) is 1.68. The Balaban J connectivity index is 1.84. The second kappa shape index (κ2) is 6.13. The number of halogens is 1. The minimum absolute atomic E-state index is 0.137. The normalized spacial score (nSPS) is 21.2. The Labute approximate surface area is 138 Å². The summed E-state index contributed by atoms with van der Waals surface area (Å²) in [6.07, 6.45) is 1.63. The van der Waals surface area contributed by atoms with Crippen molar-refractivity contribution in [3.63, 3.8) is 0 Å². The number of hydrogen-bond donors (Lipinski definition) is 1. The first-order valence-corrected chi connectivity index (χ1v) is 7.96. The Morgan fingerprint density at radius 2 is 1.88 bits per heavy atom. The van der Waals surface area contributed by atoms with E-state index in [0.717, 1.165) is 16.5 Å². The van der Waals surface area contributed by atoms with Gasteiger partial charge in [0.1, 0.15) is 12.0 Å². The van der Waals surface area contributed by atoms with E-state index in [1.54, 1.807) is 12.4 Å². The van der Waals surface area contributed by atoms with Crippen molar-refractivity contribution in [3.8, 4) is 11.4 Å². The number of benzene rings is 1. The standard InChI is InChI=1S/C18H17FN4O/c19-14-11-23(10-7-16(14)24)18-13-3-1-2-4-15(13)21-17(22-18)12-5-8-20-9-6-12/h1-6,8-9,14,16,24H,7,10-11H2. The van der Waals surface area contributed by atoms with Gasteiger partial charge in [0.15, 0.2) is 5.82 Å². The number of hydrogen-bond acceptors (Lipinski definition) is 5. The summed E-state index contributed by atoms with van der Waals surface area (Å²) in [6.45, 7) is 0.705. The number of aromatic nitrogens is 3. The van der Waals surface area contributed by atoms with Crippen molar-refractivity contribution in [2.75, 3.05) is 18.0 Å². The first kappa shape index (κ1) is 15.0. The van der Waals surface area contributed by atoms with Crippen LogP contribution in [0, 0.1) is 0 Å². The van der Waals surface area contributed by atoms with Crippen LogP contribution >= 0.6 is 0 Å². The largest absolute Gasteiger partial charge is 0.390 e. The Kier molecular flexibility index (Phi) is 3.82. The second-order valence-electron chi connectivity index (χ2n) is 5.94. The van der Waals surface area contributed by atoms with Gasteiger partial charge < -0.3 is 10.0 Å². The van der Waals surface area contributed by atoms with Gasteiger partial charge in [-0.15, -0.1) is 0 Å². The average Bonchev–Trinajstić information content (AvgIpc) is 2.64. The van der Waals surface area contributed by atoms with Crippen LogP contribution in [0.15, 0.2) is 48.8 Å². The number of para-hydroxylation sites is 1. The van der Waals surface area contributed by atoms with Crippen LogP contribution < -0.4 is 4.90 Å². The molecule has 5 nitrogen and oxygen atoms in total. The van der Waals surface area contributed by atoms with Gasteiger partial charge in [-0.2, -0.15) is 0 Å². The molecule has 1 aromatic carbocycles. The van der Waals surface area contributed by atoms with Crippen LogP contribution in [0.1, 0.15) is 6.42 Å². The highest BCUT2D eigenvalue weighted by Gasteiger charge is 2.29. The molecule has 3 aromatic rings. The van der Waals surface area contributed by atoms with Gasteiger partial charge in [0, 0.05) is 29.9 Å². The number of nitrogens with zero attached hydrogens (tertiary/aromatic N) is 4. The van der Waals surface area contributed by atoms with E-state index in [-0.39, 0.29) is 6.54 Å². The summed E-state index contributed by atoms with van der Waals surface area (Å²) >= 11 is 0. The van der Waals surface area contributed by atoms with E-state index in [4.69, 9.17) is 4.98 Å². The lowest BCUT2D eigenvalue weighted by molar-refractivity contribution is 0.0614. The number of aliphatic hydroxyl groups is 1. The zero-order chi connectivity index (χ0) is 16.5. The zero-order valence-electron chi connectivity index (χ0n) is 13.0. The number of anilines is 1. The van der Waals surface area contributed by atoms with Crippen molar-refractivity contribution in [2.24, 2.45) is 0 Å². The van der Waals surface area contributed by atoms with E-state index in [0.29, 0.717) is 24.6 Å². The van der Waals surface area contributed by atoms with Gasteiger partial charge in [0.25, 0.3) is 0 Å². The van der Waals surface area contributed by atoms with E-state index in [1.807, 2.05) is 41.3 Å². The molecule has 0 radical (unpaired) electrons. The minimum Gasteiger partial charge on any atom is -0.390 e. The maximum atomic E-state index is 14.0. The molecule has 6 heteroatoms. The monoisotopic (exact) mass is 324 g/mol. The third-order valence-electron chi connectivity index (χ3n) is 4.33. The molecule has 1 aliphatic rings. The highest BCUT2D eigenvalue weighted by molar-refractivity contribution is 5.91. The third-order valence-corrected chi connectivity index (χ3v) is 4.33. The number of aliphatic hydroxyl groups excluding tert-OH is 1. The fraction of sp³-hybridized carbons (Fsp3) is 0.278. The molecule has 0 saturated carbocycles. The Bertz CT molecular complexity index is 858. The first-order valence-electron chi connectivity index (χ1n) is 7.96. The summed E-state index contributed by atoms with van der Waals surface area (Å²) in [7, 11) is 0. The smallest absolute Gasteiger partial charge is 0.162 e. The topological polar surface area (TPSA) is 62.1 Å². The Morgan fingerprint density at radius 3 is 2.67 bits per heavy atom. The Hall–Kier alpha value is -2.60. The number of fused-ring (bicyclic) bond motifs is 1. The summed E-state index contributed by atoms with van der Waals surface area (Å²) < 4.78 is 14.0. The van der Waals surface area contributed by atoms with Crippen LogP contribution in [0.25, 0.3) is 22.3 Å². The van der Waals surface area contributed by atoms with Crippen LogP contribution in [0.2, 0.25) is 0 Å². The van der Waals surface area contributed by atoms with Crippen LogP contribution in [-0.4, -0.2) is 45.4 Å². The lowest BCUT2D eigenvalue weighted by Gasteiger charge is -2.33. The number of rotatable bonds is 2. The lowest BCUT2D eigenvalue weighted by Crippen LogP contribution is -2.45. The summed E-state index contributed by atoms with van der Waals surface area (Å²) in [4.78, 5) is 15.2. The highest BCUT2D eigenvalue weighted by atomic mass is 19.1. The van der Waals surface area contributed by atoms with Gasteiger partial charge in [-0.1, -0.05) is 12.1 Å². The average molecular weight is 324 g/mol. The van der Waals surface area contributed by atoms with Gasteiger partial charge in [0.05, 0.1) is 18.2 Å². The molecule has 1 aliphatic heterocycles. The van der Waals surface area contributed by atoms with Gasteiger partial charge in [-0.05, 0) is 30.7 Å². The van der Waals surface area contributed by atoms with Gasteiger partial charge >= 0.3 is 0 Å². The maximum Gasteiger partial charge on any atom is 0.162 e. The molecule has 2 aromatic heterocycles. The molecule has 2 unspecified atom stereocenters. The molecule has 122 valence electrons. The number of pyridine rings is 1. The number of piperidine rings is 1. The van der Waals surface area contributed by atoms with Crippen molar-refractivity contribution in [2.45, 2.75) is 18.7 Å². The van der Waals surface area contributed by atoms with E-state index in [1.165, 1.54) is 0 Å². The second-order valence-corrected chi connectivity index (χ2v) is 5.94. The summed E-state index contributed by atoms with van der Waals surface area (Å²) in [6, 6.07) is 11.4. The lowest BCUT2D eigenvalue weighted by atomic mass is 10.1. The molecular formula is C18H17FN4O. The molecule has 4 rings (SSSR count). The number of alkyl halides is 1.